The average molecular weight is 228 g/mol. The second-order valence-electron chi connectivity index (χ2n) is 0.523. The second kappa shape index (κ2) is 2.25. The van der Waals surface area contributed by atoms with Gasteiger partial charge < -0.3 is 0 Å². The molecule has 0 atom stereocenters. The van der Waals surface area contributed by atoms with Gasteiger partial charge in [-0.15, -0.1) is 0 Å². The van der Waals surface area contributed by atoms with Gasteiger partial charge in [0.15, 0.2) is 0 Å². The zero-order valence-electron chi connectivity index (χ0n) is 2.42. The van der Waals surface area contributed by atoms with Crippen molar-refractivity contribution in [3.63, 3.8) is 0 Å². The van der Waals surface area contributed by atoms with Crippen LogP contribution in [0, 0.1) is 0 Å². The van der Waals surface area contributed by atoms with E-state index in [-0.39, 0.29) is 8.93 Å². The van der Waals surface area contributed by atoms with Gasteiger partial charge in [0.05, 0.1) is 0 Å². The Morgan fingerprint density at radius 3 is 1.50 bits per heavy atom. The fourth-order valence-corrected chi connectivity index (χ4v) is 0. The molecule has 0 fully saturated rings. The lowest BCUT2D eigenvalue weighted by Crippen LogP contribution is -1.93. The van der Waals surface area contributed by atoms with Gasteiger partial charge in [-0.2, -0.15) is 13.2 Å². The van der Waals surface area contributed by atoms with Crippen LogP contribution in [0.5, 0.6) is 0 Å². The Kier molecular flexibility index (Phi) is 2.57. The van der Waals surface area contributed by atoms with Crippen molar-refractivity contribution in [3.8, 4) is 0 Å². The van der Waals surface area contributed by atoms with Crippen LogP contribution in [0.3, 0.4) is 0 Å². The van der Waals surface area contributed by atoms with E-state index in [2.05, 4.69) is 0 Å². The van der Waals surface area contributed by atoms with Crippen molar-refractivity contribution in [1.82, 2.24) is 0 Å². The maximum atomic E-state index is 10.7. The summed E-state index contributed by atoms with van der Waals surface area (Å²) in [7, 11) is -0.148. The van der Waals surface area contributed by atoms with Crippen molar-refractivity contribution < 1.29 is 13.2 Å². The summed E-state index contributed by atoms with van der Waals surface area (Å²) in [6.45, 7) is 0. The number of rotatable bonds is 0. The molecule has 0 N–H and O–H groups in total. The summed E-state index contributed by atoms with van der Waals surface area (Å²) >= 11 is 1.19. The van der Waals surface area contributed by atoms with E-state index in [1.165, 1.54) is 21.2 Å². The smallest absolute Gasteiger partial charge is 0.160 e. The van der Waals surface area contributed by atoms with E-state index in [0.29, 0.717) is 0 Å². The third-order valence-corrected chi connectivity index (χ3v) is 1.76. The Hall–Kier alpha value is 0.870. The van der Waals surface area contributed by atoms with Crippen molar-refractivity contribution in [3.05, 3.63) is 0 Å². The van der Waals surface area contributed by atoms with Gasteiger partial charge in [-0.1, -0.05) is 0 Å². The van der Waals surface area contributed by atoms with Crippen LogP contribution in [0.25, 0.3) is 0 Å². The van der Waals surface area contributed by atoms with Gasteiger partial charge in [-0.25, -0.2) is 0 Å². The van der Waals surface area contributed by atoms with Crippen LogP contribution in [0.15, 0.2) is 0 Å². The third-order valence-electron chi connectivity index (χ3n) is 0.0875. The van der Waals surface area contributed by atoms with Crippen molar-refractivity contribution in [2.24, 2.45) is 0 Å². The first-order valence-corrected chi connectivity index (χ1v) is 4.28. The van der Waals surface area contributed by atoms with Crippen LogP contribution in [0.2, 0.25) is 0 Å². The summed E-state index contributed by atoms with van der Waals surface area (Å²) in [6, 6.07) is 0. The molecule has 0 radical (unpaired) electrons. The Bertz CT molecular complexity index is 40.5. The molecule has 0 aromatic carbocycles. The highest BCUT2D eigenvalue weighted by Gasteiger charge is 2.26. The van der Waals surface area contributed by atoms with Crippen LogP contribution >= 0.6 is 30.1 Å². The summed E-state index contributed by atoms with van der Waals surface area (Å²) in [6.07, 6.45) is 0. The van der Waals surface area contributed by atoms with Gasteiger partial charge in [-0.05, 0) is 0 Å². The topological polar surface area (TPSA) is 0 Å². The fourth-order valence-electron chi connectivity index (χ4n) is 0. The number of hydrogen-bond acceptors (Lipinski definition) is 1. The van der Waals surface area contributed by atoms with Crippen LogP contribution in [0.4, 0.5) is 13.2 Å². The summed E-state index contributed by atoms with van der Waals surface area (Å²) in [5.74, 6) is 0. The minimum absolute atomic E-state index is 0.148. The van der Waals surface area contributed by atoms with Crippen molar-refractivity contribution >= 4 is 30.1 Å². The number of alkyl halides is 3. The molecule has 38 valence electrons. The Labute approximate surface area is 49.1 Å². The molecule has 5 heteroatoms. The molecule has 0 rings (SSSR count). The monoisotopic (exact) mass is 228 g/mol. The molecule has 0 nitrogen and oxygen atoms in total. The average Bonchev–Trinajstić information content (AvgIpc) is 1.35. The summed E-state index contributed by atoms with van der Waals surface area (Å²) < 4.78 is 32.2. The zero-order chi connectivity index (χ0) is 5.21. The largest absolute Gasteiger partial charge is 0.451 e. The first-order valence-electron chi connectivity index (χ1n) is 0.925. The van der Waals surface area contributed by atoms with Crippen molar-refractivity contribution in [2.75, 3.05) is 0 Å². The van der Waals surface area contributed by atoms with Crippen LogP contribution < -0.4 is 0 Å². The molecule has 0 aromatic rings. The first kappa shape index (κ1) is 6.87. The third kappa shape index (κ3) is 4.87. The molecule has 0 aliphatic rings. The van der Waals surface area contributed by atoms with E-state index < -0.39 is 5.51 Å². The fraction of sp³-hybridized carbons (Fsp3) is 1.00. The summed E-state index contributed by atoms with van der Waals surface area (Å²) in [5, 5.41) is 0. The zero-order valence-corrected chi connectivity index (χ0v) is 5.39. The van der Waals surface area contributed by atoms with Gasteiger partial charge in [-0.3, -0.25) is 0 Å². The van der Waals surface area contributed by atoms with E-state index in [4.69, 9.17) is 0 Å². The van der Waals surface area contributed by atoms with Gasteiger partial charge in [0.1, 0.15) is 0 Å². The van der Waals surface area contributed by atoms with E-state index in [0.717, 1.165) is 0 Å². The van der Waals surface area contributed by atoms with Gasteiger partial charge in [0, 0.05) is 30.1 Å². The molecular weight excluding hydrogens is 228 g/mol. The highest BCUT2D eigenvalue weighted by molar-refractivity contribution is 14.2. The SMILES string of the molecule is FC(F)(F)SI. The lowest BCUT2D eigenvalue weighted by Gasteiger charge is -1.93. The number of halogens is 4. The molecular formula is CF3IS. The molecule has 6 heavy (non-hydrogen) atoms. The highest BCUT2D eigenvalue weighted by Crippen LogP contribution is 2.35. The minimum atomic E-state index is -4.06. The molecule has 0 aromatic heterocycles. The lowest BCUT2D eigenvalue weighted by atomic mass is 11.6. The number of hydrogen-bond donors (Lipinski definition) is 0. The predicted octanol–water partition coefficient (Wildman–Crippen LogP) is 2.59. The van der Waals surface area contributed by atoms with Crippen molar-refractivity contribution in [2.45, 2.75) is 5.51 Å². The van der Waals surface area contributed by atoms with Crippen LogP contribution in [-0.2, 0) is 0 Å². The quantitative estimate of drug-likeness (QED) is 0.574. The van der Waals surface area contributed by atoms with E-state index in [1.54, 1.807) is 0 Å². The summed E-state index contributed by atoms with van der Waals surface area (Å²) in [4.78, 5) is 0. The summed E-state index contributed by atoms with van der Waals surface area (Å²) in [5.41, 5.74) is -4.06. The van der Waals surface area contributed by atoms with Crippen LogP contribution in [-0.4, -0.2) is 5.51 Å². The molecule has 0 heterocycles. The van der Waals surface area contributed by atoms with Gasteiger partial charge in [0.25, 0.3) is 0 Å². The molecule has 0 amide bonds. The normalized spacial score (nSPS) is 12.0. The molecule has 0 unspecified atom stereocenters. The second-order valence-corrected chi connectivity index (χ2v) is 2.46. The van der Waals surface area contributed by atoms with E-state index >= 15 is 0 Å². The molecule has 0 aliphatic heterocycles. The molecule has 0 saturated heterocycles. The lowest BCUT2D eigenvalue weighted by molar-refractivity contribution is -0.0307. The maximum Gasteiger partial charge on any atom is 0.451 e. The first-order chi connectivity index (χ1) is 2.56. The minimum Gasteiger partial charge on any atom is -0.160 e. The molecule has 0 spiro atoms. The predicted molar refractivity (Wildman–Crippen MR) is 27.7 cm³/mol. The van der Waals surface area contributed by atoms with E-state index in [9.17, 15) is 13.2 Å². The highest BCUT2D eigenvalue weighted by atomic mass is 127. The Morgan fingerprint density at radius 2 is 1.50 bits per heavy atom. The molecule has 0 bridgehead atoms. The van der Waals surface area contributed by atoms with Crippen molar-refractivity contribution in [1.29, 1.82) is 0 Å². The molecule has 0 aliphatic carbocycles. The maximum absolute atomic E-state index is 10.7. The van der Waals surface area contributed by atoms with E-state index in [1.807, 2.05) is 0 Å². The molecule has 0 saturated carbocycles. The van der Waals surface area contributed by atoms with Gasteiger partial charge >= 0.3 is 5.51 Å². The van der Waals surface area contributed by atoms with Gasteiger partial charge in [0.2, 0.25) is 0 Å². The Balaban J connectivity index is 3.17. The standard InChI is InChI=1S/CF3IS/c2-1(3,4)6-5. The van der Waals surface area contributed by atoms with Crippen LogP contribution in [0.1, 0.15) is 0 Å². The Morgan fingerprint density at radius 1 is 1.33 bits per heavy atom.